The fourth-order valence-corrected chi connectivity index (χ4v) is 6.75. The van der Waals surface area contributed by atoms with Crippen molar-refractivity contribution in [2.45, 2.75) is 60.2 Å². The molecule has 5 rings (SSSR count). The summed E-state index contributed by atoms with van der Waals surface area (Å²) in [5.74, 6) is -1.35. The molecule has 2 aliphatic carbocycles. The van der Waals surface area contributed by atoms with E-state index in [1.807, 2.05) is 6.07 Å². The second-order valence-electron chi connectivity index (χ2n) is 9.68. The lowest BCUT2D eigenvalue weighted by atomic mass is 10.1. The number of nitrogens with zero attached hydrogens (tertiary/aromatic N) is 4. The second-order valence-corrected chi connectivity index (χ2v) is 12.3. The lowest BCUT2D eigenvalue weighted by Crippen LogP contribution is -2.49. The van der Waals surface area contributed by atoms with Gasteiger partial charge in [-0.15, -0.1) is 0 Å². The van der Waals surface area contributed by atoms with E-state index in [9.17, 15) is 36.4 Å². The number of nitrogens with one attached hydrogen (secondary N) is 1. The zero-order valence-corrected chi connectivity index (χ0v) is 21.2. The number of alkyl halides is 3. The number of hydrogen-bond acceptors (Lipinski definition) is 7. The fraction of sp³-hybridized carbons (Fsp3) is 0.478. The van der Waals surface area contributed by atoms with Gasteiger partial charge in [0.1, 0.15) is 11.0 Å². The Hall–Kier alpha value is -3.31. The first-order valence-corrected chi connectivity index (χ1v) is 13.6. The van der Waals surface area contributed by atoms with E-state index >= 15 is 0 Å². The van der Waals surface area contributed by atoms with Gasteiger partial charge in [-0.25, -0.2) is 17.9 Å². The van der Waals surface area contributed by atoms with Crippen molar-refractivity contribution >= 4 is 33.4 Å². The van der Waals surface area contributed by atoms with Crippen molar-refractivity contribution in [2.24, 2.45) is 5.41 Å². The topological polar surface area (TPSA) is 134 Å². The third-order valence-electron chi connectivity index (χ3n) is 7.15. The van der Waals surface area contributed by atoms with Gasteiger partial charge in [-0.05, 0) is 49.9 Å². The highest BCUT2D eigenvalue weighted by Gasteiger charge is 2.70. The Morgan fingerprint density at radius 1 is 1.24 bits per heavy atom. The minimum absolute atomic E-state index is 0.142. The van der Waals surface area contributed by atoms with Gasteiger partial charge in [-0.2, -0.15) is 23.5 Å². The van der Waals surface area contributed by atoms with Gasteiger partial charge >= 0.3 is 12.3 Å². The van der Waals surface area contributed by atoms with E-state index in [0.717, 1.165) is 0 Å². The number of rotatable bonds is 6. The van der Waals surface area contributed by atoms with Crippen LogP contribution in [0.3, 0.4) is 0 Å². The smallest absolute Gasteiger partial charge is 0.410 e. The molecular formula is C23H21ClF3N5O5S. The number of amides is 2. The van der Waals surface area contributed by atoms with Crippen LogP contribution >= 0.6 is 11.6 Å². The molecule has 1 aliphatic heterocycles. The maximum absolute atomic E-state index is 13.7. The highest BCUT2D eigenvalue weighted by molar-refractivity contribution is 7.92. The molecule has 2 amide bonds. The normalized spacial score (nSPS) is 23.4. The first-order valence-electron chi connectivity index (χ1n) is 11.6. The molecule has 2 aromatic rings. The molecule has 2 atom stereocenters. The van der Waals surface area contributed by atoms with Gasteiger partial charge in [0.2, 0.25) is 5.91 Å². The Balaban J connectivity index is 1.42. The molecule has 2 saturated carbocycles. The minimum Gasteiger partial charge on any atom is -0.425 e. The minimum atomic E-state index is -4.85. The van der Waals surface area contributed by atoms with Crippen LogP contribution < -0.4 is 5.32 Å². The van der Waals surface area contributed by atoms with E-state index in [1.54, 1.807) is 12.3 Å². The lowest BCUT2D eigenvalue weighted by Gasteiger charge is -2.29. The number of hydrogen-bond donors (Lipinski definition) is 1. The number of benzene rings is 1. The summed E-state index contributed by atoms with van der Waals surface area (Å²) in [6.45, 7) is -0.627. The van der Waals surface area contributed by atoms with Crippen LogP contribution in [0.4, 0.5) is 18.0 Å². The number of carbonyl (C=O) groups excluding carboxylic acids is 2. The molecule has 0 bridgehead atoms. The first kappa shape index (κ1) is 26.3. The monoisotopic (exact) mass is 571 g/mol. The molecule has 1 aromatic carbocycles. The van der Waals surface area contributed by atoms with E-state index < -0.39 is 76.3 Å². The van der Waals surface area contributed by atoms with Crippen LogP contribution in [0.1, 0.15) is 32.1 Å². The Morgan fingerprint density at radius 2 is 1.95 bits per heavy atom. The number of nitriles is 1. The van der Waals surface area contributed by atoms with E-state index in [0.29, 0.717) is 23.4 Å². The van der Waals surface area contributed by atoms with Crippen LogP contribution in [0, 0.1) is 16.7 Å². The number of alkyl carbamates (subject to hydrolysis) is 1. The standard InChI is InChI=1S/C23H21ClF3N5O5S/c24-16-10-14(32-9-1-8-29-32)2-3-17(16)38(35,36)15-11-18(37-20(34)30-21(13-28)4-5-21)31(12-15)19(33)22(6-7-22)23(25,26)27/h1-3,8-10,15,18H,4-7,11-12H2,(H,30,34)/t15-,18-/m1/s1. The largest absolute Gasteiger partial charge is 0.425 e. The quantitative estimate of drug-likeness (QED) is 0.562. The molecular weight excluding hydrogens is 551 g/mol. The van der Waals surface area contributed by atoms with Crippen LogP contribution in [-0.4, -0.2) is 64.8 Å². The first-order chi connectivity index (χ1) is 17.8. The van der Waals surface area contributed by atoms with Crippen molar-refractivity contribution in [3.8, 4) is 11.8 Å². The highest BCUT2D eigenvalue weighted by atomic mass is 35.5. The highest BCUT2D eigenvalue weighted by Crippen LogP contribution is 2.59. The van der Waals surface area contributed by atoms with Crippen molar-refractivity contribution < 1.29 is 35.9 Å². The molecule has 3 aliphatic rings. The second kappa shape index (κ2) is 8.88. The van der Waals surface area contributed by atoms with E-state index in [1.165, 1.54) is 29.1 Å². The van der Waals surface area contributed by atoms with Crippen LogP contribution in [0.25, 0.3) is 5.69 Å². The number of likely N-dealkylation sites (tertiary alicyclic amines) is 1. The molecule has 1 N–H and O–H groups in total. The van der Waals surface area contributed by atoms with Gasteiger partial charge in [0, 0.05) is 25.4 Å². The van der Waals surface area contributed by atoms with E-state index in [2.05, 4.69) is 10.4 Å². The zero-order valence-electron chi connectivity index (χ0n) is 19.6. The van der Waals surface area contributed by atoms with Gasteiger partial charge in [0.15, 0.2) is 16.1 Å². The van der Waals surface area contributed by atoms with Gasteiger partial charge in [0.25, 0.3) is 0 Å². The van der Waals surface area contributed by atoms with Gasteiger partial charge < -0.3 is 15.0 Å². The summed E-state index contributed by atoms with van der Waals surface area (Å²) >= 11 is 6.29. The number of carbonyl (C=O) groups is 2. The van der Waals surface area contributed by atoms with Crippen LogP contribution in [0.15, 0.2) is 41.6 Å². The fourth-order valence-electron chi connectivity index (χ4n) is 4.53. The van der Waals surface area contributed by atoms with Gasteiger partial charge in [-0.1, -0.05) is 11.6 Å². The summed E-state index contributed by atoms with van der Waals surface area (Å²) in [5, 5.41) is 14.0. The van der Waals surface area contributed by atoms with Crippen molar-refractivity contribution in [1.82, 2.24) is 20.0 Å². The number of sulfone groups is 1. The molecule has 0 unspecified atom stereocenters. The number of ether oxygens (including phenoxy) is 1. The predicted octanol–water partition coefficient (Wildman–Crippen LogP) is 3.35. The van der Waals surface area contributed by atoms with Crippen molar-refractivity contribution in [1.29, 1.82) is 5.26 Å². The van der Waals surface area contributed by atoms with Crippen LogP contribution in [-0.2, 0) is 19.4 Å². The summed E-state index contributed by atoms with van der Waals surface area (Å²) in [5.41, 5.74) is -3.30. The molecule has 0 radical (unpaired) electrons. The average molecular weight is 572 g/mol. The summed E-state index contributed by atoms with van der Waals surface area (Å²) in [6.07, 6.45) is -5.03. The molecule has 3 fully saturated rings. The predicted molar refractivity (Wildman–Crippen MR) is 125 cm³/mol. The number of halogens is 4. The third-order valence-corrected chi connectivity index (χ3v) is 9.77. The molecule has 10 nitrogen and oxygen atoms in total. The molecule has 202 valence electrons. The van der Waals surface area contributed by atoms with E-state index in [-0.39, 0.29) is 9.92 Å². The third kappa shape index (κ3) is 4.47. The molecule has 1 aromatic heterocycles. The average Bonchev–Trinajstić information content (AvgIpc) is 3.71. The Bertz CT molecular complexity index is 1430. The Morgan fingerprint density at radius 3 is 2.47 bits per heavy atom. The summed E-state index contributed by atoms with van der Waals surface area (Å²) in [4.78, 5) is 25.9. The zero-order chi connectivity index (χ0) is 27.5. The summed E-state index contributed by atoms with van der Waals surface area (Å²) in [7, 11) is -4.28. The molecule has 15 heteroatoms. The molecule has 1 saturated heterocycles. The Labute approximate surface area is 220 Å². The van der Waals surface area contributed by atoms with Crippen molar-refractivity contribution in [2.75, 3.05) is 6.54 Å². The number of aromatic nitrogens is 2. The SMILES string of the molecule is N#CC1(NC(=O)O[C@@H]2C[C@@H](S(=O)(=O)c3ccc(-n4cccn4)cc3Cl)CN2C(=O)C2(C(F)(F)F)CC2)CC1. The molecule has 38 heavy (non-hydrogen) atoms. The van der Waals surface area contributed by atoms with Crippen molar-refractivity contribution in [3.63, 3.8) is 0 Å². The summed E-state index contributed by atoms with van der Waals surface area (Å²) in [6, 6.07) is 7.67. The lowest BCUT2D eigenvalue weighted by molar-refractivity contribution is -0.201. The molecule has 2 heterocycles. The molecule has 0 spiro atoms. The van der Waals surface area contributed by atoms with Gasteiger partial charge in [0.05, 0.1) is 26.9 Å². The van der Waals surface area contributed by atoms with Gasteiger partial charge in [-0.3, -0.25) is 4.79 Å². The maximum Gasteiger partial charge on any atom is 0.410 e. The van der Waals surface area contributed by atoms with Crippen molar-refractivity contribution in [3.05, 3.63) is 41.7 Å². The van der Waals surface area contributed by atoms with Crippen LogP contribution in [0.5, 0.6) is 0 Å². The van der Waals surface area contributed by atoms with E-state index in [4.69, 9.17) is 16.3 Å². The van der Waals surface area contributed by atoms with Crippen LogP contribution in [0.2, 0.25) is 5.02 Å². The summed E-state index contributed by atoms with van der Waals surface area (Å²) < 4.78 is 74.9. The maximum atomic E-state index is 13.7. The Kier molecular flexibility index (Phi) is 6.14.